The van der Waals surface area contributed by atoms with Gasteiger partial charge in [-0.05, 0) is 23.8 Å². The highest BCUT2D eigenvalue weighted by molar-refractivity contribution is 7.13. The van der Waals surface area contributed by atoms with Gasteiger partial charge in [-0.25, -0.2) is 0 Å². The van der Waals surface area contributed by atoms with Gasteiger partial charge in [0.25, 0.3) is 5.89 Å². The molecule has 2 atom stereocenters. The number of rotatable bonds is 4. The molecule has 0 N–H and O–H groups in total. The number of hydrogen-bond donors (Lipinski definition) is 0. The Morgan fingerprint density at radius 1 is 1.39 bits per heavy atom. The van der Waals surface area contributed by atoms with Gasteiger partial charge in [0, 0.05) is 32.1 Å². The van der Waals surface area contributed by atoms with Crippen molar-refractivity contribution in [1.29, 1.82) is 0 Å². The number of amides is 1. The molecule has 1 aliphatic carbocycles. The normalized spacial score (nSPS) is 24.8. The van der Waals surface area contributed by atoms with Crippen LogP contribution in [0.3, 0.4) is 0 Å². The van der Waals surface area contributed by atoms with E-state index in [1.54, 1.807) is 11.3 Å². The number of thiophene rings is 1. The Bertz CT molecular complexity index is 676. The molecular weight excluding hydrogens is 312 g/mol. The fraction of sp³-hybridized carbons (Fsp3) is 0.562. The molecule has 0 bridgehead atoms. The van der Waals surface area contributed by atoms with Crippen LogP contribution in [0.15, 0.2) is 22.0 Å². The van der Waals surface area contributed by atoms with Crippen LogP contribution in [0.25, 0.3) is 10.8 Å². The van der Waals surface area contributed by atoms with E-state index in [1.165, 1.54) is 0 Å². The average Bonchev–Trinajstić information content (AvgIpc) is 3.00. The van der Waals surface area contributed by atoms with Gasteiger partial charge < -0.3 is 9.42 Å². The van der Waals surface area contributed by atoms with Crippen LogP contribution in [0.2, 0.25) is 0 Å². The summed E-state index contributed by atoms with van der Waals surface area (Å²) in [5, 5.41) is 6.06. The fourth-order valence-electron chi connectivity index (χ4n) is 3.05. The van der Waals surface area contributed by atoms with Gasteiger partial charge in [-0.15, -0.1) is 11.3 Å². The number of hydrogen-bond acceptors (Lipinski definition) is 6. The zero-order valence-corrected chi connectivity index (χ0v) is 14.0. The van der Waals surface area contributed by atoms with E-state index in [2.05, 4.69) is 22.0 Å². The lowest BCUT2D eigenvalue weighted by Crippen LogP contribution is -2.49. The summed E-state index contributed by atoms with van der Waals surface area (Å²) >= 11 is 1.59. The summed E-state index contributed by atoms with van der Waals surface area (Å²) in [7, 11) is 0. The second kappa shape index (κ2) is 6.05. The Morgan fingerprint density at radius 3 is 2.83 bits per heavy atom. The zero-order valence-electron chi connectivity index (χ0n) is 13.1. The standard InChI is InChI=1S/C16H20N4O2S/c1-11-9-12(11)16(21)20-6-4-19(5-7-20)10-14-17-15(22-18-14)13-3-2-8-23-13/h2-3,8,11-12H,4-7,9-10H2,1H3/t11-,12-/m0/s1. The predicted octanol–water partition coefficient (Wildman–Crippen LogP) is 2.10. The molecular formula is C16H20N4O2S. The summed E-state index contributed by atoms with van der Waals surface area (Å²) < 4.78 is 5.32. The predicted molar refractivity (Wildman–Crippen MR) is 86.7 cm³/mol. The first-order chi connectivity index (χ1) is 11.2. The quantitative estimate of drug-likeness (QED) is 0.858. The minimum absolute atomic E-state index is 0.284. The summed E-state index contributed by atoms with van der Waals surface area (Å²) in [4.78, 5) is 22.0. The van der Waals surface area contributed by atoms with Crippen LogP contribution in [-0.2, 0) is 11.3 Å². The lowest BCUT2D eigenvalue weighted by molar-refractivity contribution is -0.134. The van der Waals surface area contributed by atoms with Crippen LogP contribution in [0.4, 0.5) is 0 Å². The van der Waals surface area contributed by atoms with E-state index in [1.807, 2.05) is 22.4 Å². The molecule has 7 heteroatoms. The average molecular weight is 332 g/mol. The molecule has 3 heterocycles. The van der Waals surface area contributed by atoms with Crippen molar-refractivity contribution in [2.24, 2.45) is 11.8 Å². The number of piperazine rings is 1. The van der Waals surface area contributed by atoms with Gasteiger partial charge in [-0.2, -0.15) is 4.98 Å². The molecule has 2 fully saturated rings. The van der Waals surface area contributed by atoms with E-state index < -0.39 is 0 Å². The van der Waals surface area contributed by atoms with E-state index in [4.69, 9.17) is 4.52 Å². The molecule has 0 radical (unpaired) electrons. The third kappa shape index (κ3) is 3.16. The van der Waals surface area contributed by atoms with Crippen molar-refractivity contribution in [1.82, 2.24) is 19.9 Å². The maximum absolute atomic E-state index is 12.2. The maximum atomic E-state index is 12.2. The summed E-state index contributed by atoms with van der Waals surface area (Å²) in [6.07, 6.45) is 1.06. The first kappa shape index (κ1) is 14.8. The monoisotopic (exact) mass is 332 g/mol. The Hall–Kier alpha value is -1.73. The lowest BCUT2D eigenvalue weighted by Gasteiger charge is -2.34. The lowest BCUT2D eigenvalue weighted by atomic mass is 10.2. The van der Waals surface area contributed by atoms with Gasteiger partial charge in [0.1, 0.15) is 0 Å². The fourth-order valence-corrected chi connectivity index (χ4v) is 3.69. The van der Waals surface area contributed by atoms with Crippen molar-refractivity contribution in [3.8, 4) is 10.8 Å². The molecule has 1 aliphatic heterocycles. The van der Waals surface area contributed by atoms with Crippen LogP contribution >= 0.6 is 11.3 Å². The minimum Gasteiger partial charge on any atom is -0.340 e. The van der Waals surface area contributed by atoms with E-state index >= 15 is 0 Å². The molecule has 0 spiro atoms. The molecule has 23 heavy (non-hydrogen) atoms. The van der Waals surface area contributed by atoms with Gasteiger partial charge in [0.15, 0.2) is 5.82 Å². The minimum atomic E-state index is 0.284. The number of carbonyl (C=O) groups is 1. The van der Waals surface area contributed by atoms with Crippen molar-refractivity contribution >= 4 is 17.2 Å². The molecule has 2 aromatic rings. The highest BCUT2D eigenvalue weighted by atomic mass is 32.1. The molecule has 1 amide bonds. The summed E-state index contributed by atoms with van der Waals surface area (Å²) in [6, 6.07) is 3.95. The second-order valence-electron chi connectivity index (χ2n) is 6.41. The van der Waals surface area contributed by atoms with E-state index in [-0.39, 0.29) is 5.92 Å². The first-order valence-electron chi connectivity index (χ1n) is 8.08. The van der Waals surface area contributed by atoms with Crippen LogP contribution in [0, 0.1) is 11.8 Å². The van der Waals surface area contributed by atoms with Gasteiger partial charge in [-0.3, -0.25) is 9.69 Å². The largest absolute Gasteiger partial charge is 0.340 e. The van der Waals surface area contributed by atoms with Gasteiger partial charge in [0.2, 0.25) is 5.91 Å². The summed E-state index contributed by atoms with van der Waals surface area (Å²) in [5.74, 6) is 2.51. The van der Waals surface area contributed by atoms with Crippen molar-refractivity contribution in [3.05, 3.63) is 23.3 Å². The molecule has 2 aromatic heterocycles. The molecule has 0 unspecified atom stereocenters. The highest BCUT2D eigenvalue weighted by Gasteiger charge is 2.41. The topological polar surface area (TPSA) is 62.5 Å². The van der Waals surface area contributed by atoms with Crippen LogP contribution in [-0.4, -0.2) is 52.0 Å². The Morgan fingerprint density at radius 2 is 2.17 bits per heavy atom. The molecule has 6 nitrogen and oxygen atoms in total. The van der Waals surface area contributed by atoms with Crippen LogP contribution in [0.1, 0.15) is 19.2 Å². The number of nitrogens with zero attached hydrogens (tertiary/aromatic N) is 4. The van der Waals surface area contributed by atoms with Gasteiger partial charge in [0.05, 0.1) is 11.4 Å². The number of aromatic nitrogens is 2. The summed E-state index contributed by atoms with van der Waals surface area (Å²) in [5.41, 5.74) is 0. The second-order valence-corrected chi connectivity index (χ2v) is 7.36. The van der Waals surface area contributed by atoms with Gasteiger partial charge >= 0.3 is 0 Å². The zero-order chi connectivity index (χ0) is 15.8. The Balaban J connectivity index is 1.30. The van der Waals surface area contributed by atoms with Crippen LogP contribution < -0.4 is 0 Å². The van der Waals surface area contributed by atoms with Gasteiger partial charge in [-0.1, -0.05) is 18.1 Å². The molecule has 1 saturated carbocycles. The molecule has 2 aliphatic rings. The third-order valence-electron chi connectivity index (χ3n) is 4.68. The van der Waals surface area contributed by atoms with E-state index in [0.717, 1.165) is 37.5 Å². The highest BCUT2D eigenvalue weighted by Crippen LogP contribution is 2.39. The Labute approximate surface area is 139 Å². The van der Waals surface area contributed by atoms with Crippen molar-refractivity contribution in [2.45, 2.75) is 19.9 Å². The molecule has 122 valence electrons. The van der Waals surface area contributed by atoms with E-state index in [9.17, 15) is 4.79 Å². The maximum Gasteiger partial charge on any atom is 0.268 e. The SMILES string of the molecule is C[C@H]1C[C@@H]1C(=O)N1CCN(Cc2noc(-c3cccs3)n2)CC1. The Kier molecular flexibility index (Phi) is 3.90. The first-order valence-corrected chi connectivity index (χ1v) is 8.96. The van der Waals surface area contributed by atoms with Crippen molar-refractivity contribution < 1.29 is 9.32 Å². The molecule has 4 rings (SSSR count). The van der Waals surface area contributed by atoms with Crippen LogP contribution in [0.5, 0.6) is 0 Å². The summed E-state index contributed by atoms with van der Waals surface area (Å²) in [6.45, 7) is 6.18. The number of carbonyl (C=O) groups excluding carboxylic acids is 1. The molecule has 1 saturated heterocycles. The smallest absolute Gasteiger partial charge is 0.268 e. The van der Waals surface area contributed by atoms with Crippen molar-refractivity contribution in [3.63, 3.8) is 0 Å². The third-order valence-corrected chi connectivity index (χ3v) is 5.53. The van der Waals surface area contributed by atoms with Crippen molar-refractivity contribution in [2.75, 3.05) is 26.2 Å². The molecule has 0 aromatic carbocycles. The van der Waals surface area contributed by atoms with E-state index in [0.29, 0.717) is 30.1 Å².